The quantitative estimate of drug-likeness (QED) is 0.417. The maximum Gasteiger partial charge on any atom is 0.339 e. The number of phenols is 1. The molecule has 0 aliphatic carbocycles. The van der Waals surface area contributed by atoms with Crippen LogP contribution in [0.5, 0.6) is 5.75 Å². The van der Waals surface area contributed by atoms with E-state index in [2.05, 4.69) is 12.2 Å². The summed E-state index contributed by atoms with van der Waals surface area (Å²) >= 11 is 0. The van der Waals surface area contributed by atoms with Gasteiger partial charge in [-0.25, -0.2) is 4.79 Å². The van der Waals surface area contributed by atoms with Gasteiger partial charge in [-0.3, -0.25) is 10.1 Å². The molecule has 6 heteroatoms. The molecule has 6 nitrogen and oxygen atoms in total. The smallest absolute Gasteiger partial charge is 0.339 e. The summed E-state index contributed by atoms with van der Waals surface area (Å²) in [7, 11) is 0. The van der Waals surface area contributed by atoms with E-state index in [1.807, 2.05) is 20.8 Å². The Morgan fingerprint density at radius 3 is 2.50 bits per heavy atom. The lowest BCUT2D eigenvalue weighted by Crippen LogP contribution is -2.40. The van der Waals surface area contributed by atoms with Crippen molar-refractivity contribution in [3.8, 4) is 5.75 Å². The number of fused-ring (bicyclic) bond motifs is 1. The first-order valence-corrected chi connectivity index (χ1v) is 10.0. The van der Waals surface area contributed by atoms with Gasteiger partial charge in [0.1, 0.15) is 17.4 Å². The molecule has 0 aliphatic heterocycles. The molecule has 1 heterocycles. The minimum atomic E-state index is -0.957. The van der Waals surface area contributed by atoms with Gasteiger partial charge in [-0.2, -0.15) is 0 Å². The van der Waals surface area contributed by atoms with E-state index in [0.717, 1.165) is 36.6 Å². The highest BCUT2D eigenvalue weighted by molar-refractivity contribution is 5.85. The summed E-state index contributed by atoms with van der Waals surface area (Å²) in [6, 6.07) is 2.55. The zero-order chi connectivity index (χ0) is 20.8. The van der Waals surface area contributed by atoms with Crippen LogP contribution in [0.4, 0.5) is 0 Å². The fourth-order valence-electron chi connectivity index (χ4n) is 3.51. The van der Waals surface area contributed by atoms with Crippen molar-refractivity contribution in [2.45, 2.75) is 72.4 Å². The Labute approximate surface area is 165 Å². The van der Waals surface area contributed by atoms with Crippen molar-refractivity contribution in [1.29, 1.82) is 0 Å². The van der Waals surface area contributed by atoms with Gasteiger partial charge in [-0.1, -0.05) is 40.0 Å². The van der Waals surface area contributed by atoms with Gasteiger partial charge in [-0.05, 0) is 43.4 Å². The average Bonchev–Trinajstić information content (AvgIpc) is 2.62. The van der Waals surface area contributed by atoms with Crippen LogP contribution in [0.1, 0.15) is 63.1 Å². The summed E-state index contributed by atoms with van der Waals surface area (Å²) in [6.07, 6.45) is 4.96. The normalized spacial score (nSPS) is 12.6. The van der Waals surface area contributed by atoms with Crippen molar-refractivity contribution in [3.63, 3.8) is 0 Å². The van der Waals surface area contributed by atoms with E-state index in [9.17, 15) is 19.8 Å². The molecule has 0 aliphatic rings. The van der Waals surface area contributed by atoms with Crippen LogP contribution in [0.2, 0.25) is 0 Å². The average molecular weight is 389 g/mol. The number of hydrogen-bond acceptors (Lipinski definition) is 5. The van der Waals surface area contributed by atoms with Crippen molar-refractivity contribution in [2.75, 3.05) is 0 Å². The summed E-state index contributed by atoms with van der Waals surface area (Å²) in [5.74, 6) is -1.11. The molecule has 0 amide bonds. The first-order chi connectivity index (χ1) is 13.3. The number of rotatable bonds is 10. The summed E-state index contributed by atoms with van der Waals surface area (Å²) < 4.78 is 5.59. The first-order valence-electron chi connectivity index (χ1n) is 10.0. The molecule has 0 fully saturated rings. The maximum absolute atomic E-state index is 12.6. The third-order valence-electron chi connectivity index (χ3n) is 5.25. The Morgan fingerprint density at radius 2 is 1.89 bits per heavy atom. The number of aryl methyl sites for hydroxylation is 1. The van der Waals surface area contributed by atoms with Gasteiger partial charge in [0.05, 0.1) is 5.56 Å². The number of aliphatic carboxylic acids is 1. The van der Waals surface area contributed by atoms with E-state index in [1.54, 1.807) is 12.1 Å². The molecular weight excluding hydrogens is 358 g/mol. The van der Waals surface area contributed by atoms with Crippen LogP contribution in [0, 0.1) is 12.8 Å². The summed E-state index contributed by atoms with van der Waals surface area (Å²) in [4.78, 5) is 24.0. The van der Waals surface area contributed by atoms with Crippen LogP contribution in [0.15, 0.2) is 21.3 Å². The lowest BCUT2D eigenvalue weighted by atomic mass is 9.98. The van der Waals surface area contributed by atoms with Crippen molar-refractivity contribution in [1.82, 2.24) is 5.32 Å². The largest absolute Gasteiger partial charge is 0.507 e. The molecule has 0 saturated heterocycles. The Balaban J connectivity index is 2.38. The summed E-state index contributed by atoms with van der Waals surface area (Å²) in [5.41, 5.74) is 1.88. The topological polar surface area (TPSA) is 99.8 Å². The minimum absolute atomic E-state index is 0.0221. The van der Waals surface area contributed by atoms with Crippen LogP contribution < -0.4 is 10.9 Å². The number of unbranched alkanes of at least 4 members (excludes halogenated alkanes) is 3. The number of carbonyl (C=O) groups is 1. The highest BCUT2D eigenvalue weighted by atomic mass is 16.4. The van der Waals surface area contributed by atoms with Gasteiger partial charge in [0.15, 0.2) is 0 Å². The van der Waals surface area contributed by atoms with Crippen molar-refractivity contribution in [3.05, 3.63) is 39.2 Å². The molecular formula is C22H31NO5. The zero-order valence-electron chi connectivity index (χ0n) is 17.2. The standard InChI is InChI=1S/C22H31NO5/c1-5-6-7-8-9-16-14(4)15-10-11-18(24)17(20(15)28-22(16)27)12-23-19(13(2)3)21(25)26/h10-11,13,19,23-24H,5-9,12H2,1-4H3,(H,25,26)/t19-/m1/s1. The molecule has 154 valence electrons. The van der Waals surface area contributed by atoms with Crippen LogP contribution >= 0.6 is 0 Å². The Bertz CT molecular complexity index is 885. The predicted octanol–water partition coefficient (Wildman–Crippen LogP) is 4.13. The van der Waals surface area contributed by atoms with Gasteiger partial charge in [0, 0.05) is 17.5 Å². The Hall–Kier alpha value is -2.34. The second kappa shape index (κ2) is 9.73. The van der Waals surface area contributed by atoms with Crippen LogP contribution in [-0.4, -0.2) is 22.2 Å². The predicted molar refractivity (Wildman–Crippen MR) is 110 cm³/mol. The molecule has 2 aromatic rings. The van der Waals surface area contributed by atoms with Crippen molar-refractivity contribution >= 4 is 16.9 Å². The van der Waals surface area contributed by atoms with E-state index in [-0.39, 0.29) is 23.8 Å². The van der Waals surface area contributed by atoms with Gasteiger partial charge < -0.3 is 14.6 Å². The van der Waals surface area contributed by atoms with Gasteiger partial charge in [0.25, 0.3) is 0 Å². The van der Waals surface area contributed by atoms with Crippen molar-refractivity contribution < 1.29 is 19.4 Å². The number of carboxylic acids is 1. The fraction of sp³-hybridized carbons (Fsp3) is 0.545. The number of nitrogens with one attached hydrogen (secondary N) is 1. The summed E-state index contributed by atoms with van der Waals surface area (Å²) in [6.45, 7) is 7.76. The van der Waals surface area contributed by atoms with Crippen LogP contribution in [0.25, 0.3) is 11.0 Å². The SMILES string of the molecule is CCCCCCc1c(C)c2ccc(O)c(CN[C@@H](C(=O)O)C(C)C)c2oc1=O. The fourth-order valence-corrected chi connectivity index (χ4v) is 3.51. The molecule has 3 N–H and O–H groups in total. The lowest BCUT2D eigenvalue weighted by molar-refractivity contribution is -0.140. The number of hydrogen-bond donors (Lipinski definition) is 3. The highest BCUT2D eigenvalue weighted by Crippen LogP contribution is 2.30. The first kappa shape index (κ1) is 22.0. The number of phenolic OH excluding ortho intramolecular Hbond substituents is 1. The third kappa shape index (κ3) is 4.93. The molecule has 28 heavy (non-hydrogen) atoms. The molecule has 0 radical (unpaired) electrons. The van der Waals surface area contributed by atoms with E-state index in [1.165, 1.54) is 0 Å². The minimum Gasteiger partial charge on any atom is -0.507 e. The third-order valence-corrected chi connectivity index (χ3v) is 5.25. The van der Waals surface area contributed by atoms with Gasteiger partial charge >= 0.3 is 11.6 Å². The monoisotopic (exact) mass is 389 g/mol. The van der Waals surface area contributed by atoms with E-state index >= 15 is 0 Å². The molecule has 0 bridgehead atoms. The second-order valence-electron chi connectivity index (χ2n) is 7.68. The van der Waals surface area contributed by atoms with Gasteiger partial charge in [0.2, 0.25) is 0 Å². The summed E-state index contributed by atoms with van der Waals surface area (Å²) in [5, 5.41) is 23.4. The van der Waals surface area contributed by atoms with E-state index in [4.69, 9.17) is 4.42 Å². The molecule has 0 spiro atoms. The van der Waals surface area contributed by atoms with Gasteiger partial charge in [-0.15, -0.1) is 0 Å². The zero-order valence-corrected chi connectivity index (χ0v) is 17.2. The Kier molecular flexibility index (Phi) is 7.63. The van der Waals surface area contributed by atoms with Crippen LogP contribution in [-0.2, 0) is 17.8 Å². The molecule has 0 unspecified atom stereocenters. The number of carboxylic acid groups (broad SMARTS) is 1. The number of aromatic hydroxyl groups is 1. The number of benzene rings is 1. The van der Waals surface area contributed by atoms with E-state index in [0.29, 0.717) is 23.1 Å². The lowest BCUT2D eigenvalue weighted by Gasteiger charge is -2.19. The van der Waals surface area contributed by atoms with Crippen LogP contribution in [0.3, 0.4) is 0 Å². The van der Waals surface area contributed by atoms with Crippen molar-refractivity contribution in [2.24, 2.45) is 5.92 Å². The molecule has 0 saturated carbocycles. The molecule has 2 rings (SSSR count). The molecule has 1 atom stereocenters. The maximum atomic E-state index is 12.6. The molecule has 1 aromatic heterocycles. The molecule has 1 aromatic carbocycles. The second-order valence-corrected chi connectivity index (χ2v) is 7.68. The Morgan fingerprint density at radius 1 is 1.18 bits per heavy atom. The van der Waals surface area contributed by atoms with E-state index < -0.39 is 12.0 Å². The highest BCUT2D eigenvalue weighted by Gasteiger charge is 2.23.